The van der Waals surface area contributed by atoms with Crippen LogP contribution in [0.25, 0.3) is 110 Å². The first-order valence-corrected chi connectivity index (χ1v) is 20.7. The van der Waals surface area contributed by atoms with Crippen LogP contribution in [0.3, 0.4) is 0 Å². The summed E-state index contributed by atoms with van der Waals surface area (Å²) in [6.45, 7) is 4.61. The minimum absolute atomic E-state index is 0.0942. The molecular formula is C53H34N4OS. The van der Waals surface area contributed by atoms with E-state index in [2.05, 4.69) is 147 Å². The average Bonchev–Trinajstić information content (AvgIpc) is 3.97. The molecule has 59 heavy (non-hydrogen) atoms. The van der Waals surface area contributed by atoms with Crippen molar-refractivity contribution < 1.29 is 4.42 Å². The van der Waals surface area contributed by atoms with E-state index in [4.69, 9.17) is 24.4 Å². The Kier molecular flexibility index (Phi) is 7.38. The molecule has 0 atom stereocenters. The summed E-state index contributed by atoms with van der Waals surface area (Å²) in [5.74, 6) is 2.50. The van der Waals surface area contributed by atoms with Gasteiger partial charge < -0.3 is 4.42 Å². The molecule has 12 rings (SSSR count). The van der Waals surface area contributed by atoms with Crippen LogP contribution in [0.5, 0.6) is 0 Å². The standard InChI is InChI=1S/C53H34N4OS/c1-53(2)41-16-10-9-15-38(41)40-30-37(23-25-42(40)53)51-56-49(34-20-17-32(18-21-34)31-11-5-3-6-12-31)55-50(57-51)36-22-19-33-24-27-44-46(39(33)29-36)47-45(59-44)28-26-43-48(47)58-52(54-43)35-13-7-4-8-14-35/h3-30H,1-2H3. The highest BCUT2D eigenvalue weighted by Crippen LogP contribution is 2.49. The highest BCUT2D eigenvalue weighted by atomic mass is 32.1. The van der Waals surface area contributed by atoms with Gasteiger partial charge in [-0.15, -0.1) is 11.3 Å². The summed E-state index contributed by atoms with van der Waals surface area (Å²) >= 11 is 1.77. The molecule has 0 saturated carbocycles. The SMILES string of the molecule is CC1(C)c2ccccc2-c2cc(-c3nc(-c4ccc(-c5ccccc5)cc4)nc(-c4ccc5ccc6sc7ccc8nc(-c9ccccc9)oc8c7c6c5c4)n3)ccc21. The van der Waals surface area contributed by atoms with E-state index >= 15 is 0 Å². The average molecular weight is 775 g/mol. The number of nitrogens with zero attached hydrogens (tertiary/aromatic N) is 4. The van der Waals surface area contributed by atoms with E-state index in [1.54, 1.807) is 11.3 Å². The number of oxazole rings is 1. The quantitative estimate of drug-likeness (QED) is 0.174. The van der Waals surface area contributed by atoms with Gasteiger partial charge in [0.05, 0.1) is 0 Å². The van der Waals surface area contributed by atoms with Gasteiger partial charge in [-0.2, -0.15) is 0 Å². The first-order chi connectivity index (χ1) is 29.0. The minimum Gasteiger partial charge on any atom is -0.435 e. The van der Waals surface area contributed by atoms with Crippen LogP contribution in [-0.2, 0) is 5.41 Å². The largest absolute Gasteiger partial charge is 0.435 e. The highest BCUT2D eigenvalue weighted by molar-refractivity contribution is 7.26. The van der Waals surface area contributed by atoms with Crippen molar-refractivity contribution in [1.82, 2.24) is 19.9 Å². The van der Waals surface area contributed by atoms with Gasteiger partial charge in [-0.05, 0) is 86.6 Å². The molecule has 3 heterocycles. The van der Waals surface area contributed by atoms with Crippen molar-refractivity contribution in [2.24, 2.45) is 0 Å². The topological polar surface area (TPSA) is 64.7 Å². The fourth-order valence-corrected chi connectivity index (χ4v) is 10.1. The zero-order chi connectivity index (χ0) is 39.2. The van der Waals surface area contributed by atoms with Crippen molar-refractivity contribution in [3.05, 3.63) is 181 Å². The molecule has 3 aromatic heterocycles. The van der Waals surface area contributed by atoms with Crippen LogP contribution in [0, 0.1) is 0 Å². The van der Waals surface area contributed by atoms with Crippen LogP contribution >= 0.6 is 11.3 Å². The van der Waals surface area contributed by atoms with Gasteiger partial charge in [0.1, 0.15) is 5.52 Å². The minimum atomic E-state index is -0.0942. The van der Waals surface area contributed by atoms with Gasteiger partial charge >= 0.3 is 0 Å². The molecule has 8 aromatic carbocycles. The van der Waals surface area contributed by atoms with Gasteiger partial charge in [0.25, 0.3) is 0 Å². The Balaban J connectivity index is 1.05. The molecule has 0 amide bonds. The Morgan fingerprint density at radius 3 is 1.78 bits per heavy atom. The summed E-state index contributed by atoms with van der Waals surface area (Å²) in [6, 6.07) is 59.6. The van der Waals surface area contributed by atoms with Gasteiger partial charge in [0.15, 0.2) is 23.1 Å². The maximum absolute atomic E-state index is 6.59. The maximum atomic E-state index is 6.59. The van der Waals surface area contributed by atoms with Gasteiger partial charge in [0.2, 0.25) is 5.89 Å². The summed E-state index contributed by atoms with van der Waals surface area (Å²) in [4.78, 5) is 20.6. The van der Waals surface area contributed by atoms with Crippen molar-refractivity contribution in [2.45, 2.75) is 19.3 Å². The fourth-order valence-electron chi connectivity index (χ4n) is 8.96. The summed E-state index contributed by atoms with van der Waals surface area (Å²) in [5, 5.41) is 4.48. The summed E-state index contributed by atoms with van der Waals surface area (Å²) in [6.07, 6.45) is 0. The third-order valence-corrected chi connectivity index (χ3v) is 13.1. The second kappa shape index (κ2) is 12.9. The van der Waals surface area contributed by atoms with E-state index in [0.29, 0.717) is 23.4 Å². The number of hydrogen-bond acceptors (Lipinski definition) is 6. The third kappa shape index (κ3) is 5.37. The molecule has 0 fully saturated rings. The summed E-state index contributed by atoms with van der Waals surface area (Å²) in [5.41, 5.74) is 12.7. The molecule has 1 aliphatic rings. The molecule has 0 N–H and O–H groups in total. The van der Waals surface area contributed by atoms with Crippen molar-refractivity contribution >= 4 is 53.4 Å². The Bertz CT molecular complexity index is 3460. The normalized spacial score (nSPS) is 13.1. The molecule has 0 unspecified atom stereocenters. The second-order valence-corrected chi connectivity index (χ2v) is 16.9. The summed E-state index contributed by atoms with van der Waals surface area (Å²) in [7, 11) is 0. The van der Waals surface area contributed by atoms with Crippen molar-refractivity contribution in [3.63, 3.8) is 0 Å². The molecule has 278 valence electrons. The number of rotatable bonds is 5. The number of fused-ring (bicyclic) bond motifs is 10. The van der Waals surface area contributed by atoms with E-state index in [-0.39, 0.29) is 5.41 Å². The Labute approximate surface area is 344 Å². The lowest BCUT2D eigenvalue weighted by molar-refractivity contribution is 0.623. The van der Waals surface area contributed by atoms with E-state index in [1.165, 1.54) is 32.5 Å². The number of benzene rings is 8. The molecule has 0 saturated heterocycles. The van der Waals surface area contributed by atoms with Gasteiger partial charge in [-0.3, -0.25) is 0 Å². The smallest absolute Gasteiger partial charge is 0.227 e. The molecule has 0 radical (unpaired) electrons. The van der Waals surface area contributed by atoms with Crippen LogP contribution in [0.2, 0.25) is 0 Å². The highest BCUT2D eigenvalue weighted by Gasteiger charge is 2.35. The zero-order valence-corrected chi connectivity index (χ0v) is 33.1. The van der Waals surface area contributed by atoms with Gasteiger partial charge in [-0.25, -0.2) is 19.9 Å². The summed E-state index contributed by atoms with van der Waals surface area (Å²) < 4.78 is 8.94. The molecule has 0 spiro atoms. The van der Waals surface area contributed by atoms with Crippen LogP contribution in [0.1, 0.15) is 25.0 Å². The van der Waals surface area contributed by atoms with Gasteiger partial charge in [0, 0.05) is 47.8 Å². The Hall–Kier alpha value is -7.28. The van der Waals surface area contributed by atoms with E-state index in [1.807, 2.05) is 36.4 Å². The fraction of sp³-hybridized carbons (Fsp3) is 0.0566. The van der Waals surface area contributed by atoms with Crippen molar-refractivity contribution in [3.8, 4) is 67.9 Å². The number of thiophene rings is 1. The predicted molar refractivity (Wildman–Crippen MR) is 243 cm³/mol. The number of hydrogen-bond donors (Lipinski definition) is 0. The first-order valence-electron chi connectivity index (χ1n) is 19.9. The maximum Gasteiger partial charge on any atom is 0.227 e. The monoisotopic (exact) mass is 774 g/mol. The third-order valence-electron chi connectivity index (χ3n) is 12.0. The first kappa shape index (κ1) is 33.8. The van der Waals surface area contributed by atoms with Crippen LogP contribution in [0.4, 0.5) is 0 Å². The van der Waals surface area contributed by atoms with Gasteiger partial charge in [-0.1, -0.05) is 141 Å². The molecule has 6 heteroatoms. The lowest BCUT2D eigenvalue weighted by Crippen LogP contribution is -2.14. The lowest BCUT2D eigenvalue weighted by atomic mass is 9.82. The lowest BCUT2D eigenvalue weighted by Gasteiger charge is -2.21. The Morgan fingerprint density at radius 1 is 0.441 bits per heavy atom. The van der Waals surface area contributed by atoms with Crippen molar-refractivity contribution in [1.29, 1.82) is 0 Å². The molecule has 5 nitrogen and oxygen atoms in total. The molecule has 0 bridgehead atoms. The zero-order valence-electron chi connectivity index (χ0n) is 32.3. The van der Waals surface area contributed by atoms with Crippen LogP contribution in [-0.4, -0.2) is 19.9 Å². The Morgan fingerprint density at radius 2 is 1.00 bits per heavy atom. The number of aromatic nitrogens is 4. The van der Waals surface area contributed by atoms with Crippen molar-refractivity contribution in [2.75, 3.05) is 0 Å². The van der Waals surface area contributed by atoms with E-state index < -0.39 is 0 Å². The molecule has 0 aliphatic heterocycles. The molecular weight excluding hydrogens is 741 g/mol. The predicted octanol–water partition coefficient (Wildman–Crippen LogP) is 14.2. The van der Waals surface area contributed by atoms with E-state index in [9.17, 15) is 0 Å². The molecule has 1 aliphatic carbocycles. The molecule has 11 aromatic rings. The van der Waals surface area contributed by atoms with Crippen LogP contribution in [0.15, 0.2) is 174 Å². The second-order valence-electron chi connectivity index (χ2n) is 15.8. The van der Waals surface area contributed by atoms with Crippen LogP contribution < -0.4 is 0 Å². The van der Waals surface area contributed by atoms with E-state index in [0.717, 1.165) is 65.2 Å².